The molecule has 2 aromatic carbocycles. The molecule has 0 aliphatic carbocycles. The number of amides is 1. The van der Waals surface area contributed by atoms with Crippen LogP contribution in [0.15, 0.2) is 75.9 Å². The fourth-order valence-corrected chi connectivity index (χ4v) is 6.34. The van der Waals surface area contributed by atoms with Crippen LogP contribution in [0.1, 0.15) is 24.5 Å². The van der Waals surface area contributed by atoms with E-state index in [0.717, 1.165) is 6.54 Å². The predicted molar refractivity (Wildman–Crippen MR) is 132 cm³/mol. The van der Waals surface area contributed by atoms with Crippen molar-refractivity contribution >= 4 is 27.4 Å². The first-order valence-electron chi connectivity index (χ1n) is 11.7. The monoisotopic (exact) mass is 492 g/mol. The molecule has 8 nitrogen and oxygen atoms in total. The Hall–Kier alpha value is -3.14. The lowest BCUT2D eigenvalue weighted by molar-refractivity contribution is -0.129. The molecule has 3 heterocycles. The molecule has 3 aliphatic rings. The molecule has 35 heavy (non-hydrogen) atoms. The standard InChI is InChI=1S/C26H28N4O4S/c1-18-24-23(31)16-22(27-25(24)28(2)26(18)32)20-8-10-21(11-9-20)35(33,34)30-14-12-29(13-15-30)17-19-6-4-3-5-7-19/h3-11,18H,12-17H2,1-2H3. The highest BCUT2D eigenvalue weighted by Gasteiger charge is 2.41. The van der Waals surface area contributed by atoms with Crippen molar-refractivity contribution in [3.8, 4) is 0 Å². The molecule has 9 heteroatoms. The molecule has 0 saturated carbocycles. The summed E-state index contributed by atoms with van der Waals surface area (Å²) in [5.74, 6) is -0.328. The lowest BCUT2D eigenvalue weighted by atomic mass is 9.92. The zero-order valence-electron chi connectivity index (χ0n) is 19.8. The fourth-order valence-electron chi connectivity index (χ4n) is 4.91. The van der Waals surface area contributed by atoms with E-state index < -0.39 is 15.9 Å². The van der Waals surface area contributed by atoms with Gasteiger partial charge in [0.15, 0.2) is 5.78 Å². The summed E-state index contributed by atoms with van der Waals surface area (Å²) in [7, 11) is -2.00. The maximum Gasteiger partial charge on any atom is 0.243 e. The number of ketones is 1. The van der Waals surface area contributed by atoms with Gasteiger partial charge in [-0.2, -0.15) is 4.31 Å². The Labute approximate surface area is 205 Å². The Morgan fingerprint density at radius 3 is 2.26 bits per heavy atom. The van der Waals surface area contributed by atoms with Crippen LogP contribution in [0.25, 0.3) is 0 Å². The van der Waals surface area contributed by atoms with Crippen molar-refractivity contribution in [1.29, 1.82) is 0 Å². The van der Waals surface area contributed by atoms with Crippen molar-refractivity contribution in [3.05, 3.63) is 77.1 Å². The molecule has 1 atom stereocenters. The summed E-state index contributed by atoms with van der Waals surface area (Å²) in [5.41, 5.74) is 2.90. The van der Waals surface area contributed by atoms with E-state index in [1.807, 2.05) is 18.2 Å². The van der Waals surface area contributed by atoms with Gasteiger partial charge in [-0.15, -0.1) is 0 Å². The Morgan fingerprint density at radius 2 is 1.60 bits per heavy atom. The van der Waals surface area contributed by atoms with E-state index in [0.29, 0.717) is 48.8 Å². The Bertz CT molecular complexity index is 1330. The molecule has 1 unspecified atom stereocenters. The van der Waals surface area contributed by atoms with Crippen molar-refractivity contribution in [1.82, 2.24) is 14.1 Å². The number of benzene rings is 2. The summed E-state index contributed by atoms with van der Waals surface area (Å²) in [6.07, 6.45) is 0.0970. The van der Waals surface area contributed by atoms with Gasteiger partial charge in [0, 0.05) is 39.8 Å². The molecule has 1 fully saturated rings. The molecule has 5 rings (SSSR count). The number of carbonyl (C=O) groups excluding carboxylic acids is 2. The number of hydrogen-bond donors (Lipinski definition) is 0. The third kappa shape index (κ3) is 4.35. The average molecular weight is 493 g/mol. The van der Waals surface area contributed by atoms with Crippen LogP contribution >= 0.6 is 0 Å². The van der Waals surface area contributed by atoms with Crippen molar-refractivity contribution in [2.75, 3.05) is 33.2 Å². The summed E-state index contributed by atoms with van der Waals surface area (Å²) < 4.78 is 28.0. The van der Waals surface area contributed by atoms with Crippen LogP contribution in [-0.2, 0) is 26.2 Å². The van der Waals surface area contributed by atoms with E-state index in [-0.39, 0.29) is 23.0 Å². The molecule has 0 radical (unpaired) electrons. The summed E-state index contributed by atoms with van der Waals surface area (Å²) in [5, 5.41) is 0. The van der Waals surface area contributed by atoms with Crippen molar-refractivity contribution < 1.29 is 18.0 Å². The van der Waals surface area contributed by atoms with Gasteiger partial charge in [-0.25, -0.2) is 13.4 Å². The first-order valence-corrected chi connectivity index (χ1v) is 13.2. The van der Waals surface area contributed by atoms with Crippen molar-refractivity contribution in [3.63, 3.8) is 0 Å². The number of nitrogens with zero attached hydrogens (tertiary/aromatic N) is 4. The third-order valence-electron chi connectivity index (χ3n) is 6.97. The van der Waals surface area contributed by atoms with Crippen molar-refractivity contribution in [2.45, 2.75) is 24.8 Å². The average Bonchev–Trinajstić information content (AvgIpc) is 3.09. The molecule has 182 valence electrons. The van der Waals surface area contributed by atoms with E-state index >= 15 is 0 Å². The second-order valence-electron chi connectivity index (χ2n) is 9.20. The van der Waals surface area contributed by atoms with Gasteiger partial charge in [-0.05, 0) is 30.2 Å². The van der Waals surface area contributed by atoms with Gasteiger partial charge in [0.2, 0.25) is 15.9 Å². The van der Waals surface area contributed by atoms with Crippen LogP contribution < -0.4 is 0 Å². The number of sulfonamides is 1. The van der Waals surface area contributed by atoms with Gasteiger partial charge >= 0.3 is 0 Å². The first kappa shape index (κ1) is 23.6. The van der Waals surface area contributed by atoms with Crippen molar-refractivity contribution in [2.24, 2.45) is 10.9 Å². The molecule has 0 N–H and O–H groups in total. The number of carbonyl (C=O) groups is 2. The third-order valence-corrected chi connectivity index (χ3v) is 8.88. The Morgan fingerprint density at radius 1 is 0.943 bits per heavy atom. The zero-order valence-corrected chi connectivity index (χ0v) is 20.7. The second kappa shape index (κ2) is 9.14. The van der Waals surface area contributed by atoms with E-state index in [1.54, 1.807) is 38.2 Å². The lowest BCUT2D eigenvalue weighted by Crippen LogP contribution is -2.48. The smallest absolute Gasteiger partial charge is 0.243 e. The molecular weight excluding hydrogens is 464 g/mol. The van der Waals surface area contributed by atoms with Gasteiger partial charge in [0.25, 0.3) is 0 Å². The van der Waals surface area contributed by atoms with Gasteiger partial charge in [-0.3, -0.25) is 19.4 Å². The fraction of sp³-hybridized carbons (Fsp3) is 0.346. The van der Waals surface area contributed by atoms with Gasteiger partial charge in [0.05, 0.1) is 28.5 Å². The largest absolute Gasteiger partial charge is 0.299 e. The minimum atomic E-state index is -3.62. The Balaban J connectivity index is 1.28. The number of rotatable bonds is 5. The minimum absolute atomic E-state index is 0.0970. The highest BCUT2D eigenvalue weighted by Crippen LogP contribution is 2.34. The van der Waals surface area contributed by atoms with Gasteiger partial charge in [-0.1, -0.05) is 42.5 Å². The number of piperazine rings is 1. The quantitative estimate of drug-likeness (QED) is 0.639. The van der Waals surface area contributed by atoms with Crippen LogP contribution in [0.4, 0.5) is 0 Å². The molecule has 2 aromatic rings. The summed E-state index contributed by atoms with van der Waals surface area (Å²) >= 11 is 0. The van der Waals surface area contributed by atoms with Gasteiger partial charge in [0.1, 0.15) is 5.82 Å². The Kier molecular flexibility index (Phi) is 6.16. The van der Waals surface area contributed by atoms with Crippen LogP contribution in [0, 0.1) is 5.92 Å². The number of hydrogen-bond acceptors (Lipinski definition) is 6. The maximum atomic E-state index is 13.2. The minimum Gasteiger partial charge on any atom is -0.299 e. The molecule has 1 amide bonds. The second-order valence-corrected chi connectivity index (χ2v) is 11.1. The normalized spacial score (nSPS) is 21.9. The summed E-state index contributed by atoms with van der Waals surface area (Å²) in [6.45, 7) is 4.75. The molecule has 0 aromatic heterocycles. The maximum absolute atomic E-state index is 13.2. The van der Waals surface area contributed by atoms with E-state index in [9.17, 15) is 18.0 Å². The SMILES string of the molecule is CC1C(=O)N(C)C2=C1C(=O)CC(c1ccc(S(=O)(=O)N3CCN(Cc4ccccc4)CC3)cc1)=N2. The van der Waals surface area contributed by atoms with Crippen LogP contribution in [-0.4, -0.2) is 73.2 Å². The molecule has 0 bridgehead atoms. The van der Waals surface area contributed by atoms with E-state index in [1.165, 1.54) is 14.8 Å². The summed E-state index contributed by atoms with van der Waals surface area (Å²) in [6, 6.07) is 16.7. The van der Waals surface area contributed by atoms with Crippen LogP contribution in [0.3, 0.4) is 0 Å². The first-order chi connectivity index (χ1) is 16.8. The van der Waals surface area contributed by atoms with Crippen LogP contribution in [0.5, 0.6) is 0 Å². The molecule has 3 aliphatic heterocycles. The zero-order chi connectivity index (χ0) is 24.7. The lowest BCUT2D eigenvalue weighted by Gasteiger charge is -2.34. The number of Topliss-reactive ketones (excluding diaryl/α,β-unsaturated/α-hetero) is 1. The van der Waals surface area contributed by atoms with E-state index in [2.05, 4.69) is 22.0 Å². The topological polar surface area (TPSA) is 90.4 Å². The highest BCUT2D eigenvalue weighted by atomic mass is 32.2. The predicted octanol–water partition coefficient (Wildman–Crippen LogP) is 2.27. The van der Waals surface area contributed by atoms with E-state index in [4.69, 9.17) is 0 Å². The highest BCUT2D eigenvalue weighted by molar-refractivity contribution is 7.89. The molecular formula is C26H28N4O4S. The van der Waals surface area contributed by atoms with Crippen LogP contribution in [0.2, 0.25) is 0 Å². The number of aliphatic imine (C=N–C) groups is 1. The molecule has 0 spiro atoms. The molecule has 1 saturated heterocycles. The van der Waals surface area contributed by atoms with Gasteiger partial charge < -0.3 is 0 Å². The summed E-state index contributed by atoms with van der Waals surface area (Å²) in [4.78, 5) is 33.5.